The number of rotatable bonds is 3. The van der Waals surface area contributed by atoms with E-state index in [4.69, 9.17) is 4.74 Å². The van der Waals surface area contributed by atoms with Crippen molar-refractivity contribution >= 4 is 11.7 Å². The van der Waals surface area contributed by atoms with Crippen molar-refractivity contribution in [3.8, 4) is 5.75 Å². The molecule has 1 aliphatic rings. The maximum atomic E-state index is 11.6. The molecule has 1 aromatic rings. The van der Waals surface area contributed by atoms with Gasteiger partial charge < -0.3 is 20.7 Å². The van der Waals surface area contributed by atoms with Gasteiger partial charge >= 0.3 is 6.03 Å². The summed E-state index contributed by atoms with van der Waals surface area (Å²) in [4.78, 5) is 11.6. The quantitative estimate of drug-likeness (QED) is 0.737. The van der Waals surface area contributed by atoms with Crippen LogP contribution >= 0.6 is 0 Å². The fourth-order valence-electron chi connectivity index (χ4n) is 1.80. The number of carbonyl (C=O) groups excluding carboxylic acids is 1. The second-order valence-corrected chi connectivity index (χ2v) is 4.02. The normalized spacial score (nSPS) is 18.8. The highest BCUT2D eigenvalue weighted by Crippen LogP contribution is 2.14. The summed E-state index contributed by atoms with van der Waals surface area (Å²) in [6, 6.07) is 7.31. The zero-order valence-electron chi connectivity index (χ0n) is 9.82. The molecule has 0 aromatic heterocycles. The zero-order chi connectivity index (χ0) is 12.1. The molecule has 1 atom stereocenters. The van der Waals surface area contributed by atoms with Gasteiger partial charge in [-0.25, -0.2) is 4.79 Å². The highest BCUT2D eigenvalue weighted by atomic mass is 16.5. The van der Waals surface area contributed by atoms with E-state index < -0.39 is 0 Å². The molecule has 2 amide bonds. The number of hydrogen-bond acceptors (Lipinski definition) is 3. The van der Waals surface area contributed by atoms with Crippen molar-refractivity contribution < 1.29 is 9.53 Å². The van der Waals surface area contributed by atoms with E-state index in [1.54, 1.807) is 7.11 Å². The highest BCUT2D eigenvalue weighted by molar-refractivity contribution is 5.89. The Morgan fingerprint density at radius 1 is 1.41 bits per heavy atom. The lowest BCUT2D eigenvalue weighted by molar-refractivity contribution is 0.249. The highest BCUT2D eigenvalue weighted by Gasteiger charge is 2.16. The maximum absolute atomic E-state index is 11.6. The van der Waals surface area contributed by atoms with Gasteiger partial charge in [0.15, 0.2) is 0 Å². The first kappa shape index (κ1) is 11.7. The van der Waals surface area contributed by atoms with Crippen LogP contribution in [0.1, 0.15) is 6.42 Å². The van der Waals surface area contributed by atoms with Crippen LogP contribution in [0.5, 0.6) is 5.75 Å². The molecule has 0 radical (unpaired) electrons. The number of hydrogen-bond donors (Lipinski definition) is 3. The van der Waals surface area contributed by atoms with Crippen LogP contribution in [0.4, 0.5) is 10.5 Å². The number of methoxy groups -OCH3 is 1. The van der Waals surface area contributed by atoms with E-state index in [9.17, 15) is 4.79 Å². The summed E-state index contributed by atoms with van der Waals surface area (Å²) in [5.41, 5.74) is 0.759. The molecule has 0 spiro atoms. The third kappa shape index (κ3) is 3.35. The van der Waals surface area contributed by atoms with Gasteiger partial charge in [0.25, 0.3) is 0 Å². The van der Waals surface area contributed by atoms with Gasteiger partial charge in [-0.1, -0.05) is 0 Å². The van der Waals surface area contributed by atoms with Gasteiger partial charge in [-0.2, -0.15) is 0 Å². The number of carbonyl (C=O) groups is 1. The first-order valence-electron chi connectivity index (χ1n) is 5.70. The summed E-state index contributed by atoms with van der Waals surface area (Å²) in [5.74, 6) is 0.774. The lowest BCUT2D eigenvalue weighted by Gasteiger charge is -2.12. The Labute approximate surface area is 101 Å². The van der Waals surface area contributed by atoms with Crippen molar-refractivity contribution in [1.82, 2.24) is 10.6 Å². The molecule has 0 unspecified atom stereocenters. The van der Waals surface area contributed by atoms with Crippen LogP contribution in [0.25, 0.3) is 0 Å². The molecule has 1 aromatic carbocycles. The Bertz CT molecular complexity index is 372. The number of amides is 2. The van der Waals surface area contributed by atoms with Crippen molar-refractivity contribution in [2.75, 3.05) is 25.5 Å². The van der Waals surface area contributed by atoms with Crippen molar-refractivity contribution in [3.05, 3.63) is 24.3 Å². The molecule has 1 aliphatic heterocycles. The predicted octanol–water partition coefficient (Wildman–Crippen LogP) is 1.18. The molecule has 0 saturated carbocycles. The van der Waals surface area contributed by atoms with Crippen molar-refractivity contribution in [3.63, 3.8) is 0 Å². The van der Waals surface area contributed by atoms with Crippen LogP contribution in [0.3, 0.4) is 0 Å². The van der Waals surface area contributed by atoms with Gasteiger partial charge in [-0.3, -0.25) is 0 Å². The minimum atomic E-state index is -0.163. The van der Waals surface area contributed by atoms with E-state index in [-0.39, 0.29) is 12.1 Å². The first-order chi connectivity index (χ1) is 8.28. The van der Waals surface area contributed by atoms with E-state index >= 15 is 0 Å². The van der Waals surface area contributed by atoms with Crippen molar-refractivity contribution in [2.24, 2.45) is 0 Å². The zero-order valence-corrected chi connectivity index (χ0v) is 9.82. The molecule has 0 aliphatic carbocycles. The minimum absolute atomic E-state index is 0.163. The maximum Gasteiger partial charge on any atom is 0.319 e. The second kappa shape index (κ2) is 5.54. The smallest absolute Gasteiger partial charge is 0.319 e. The fourth-order valence-corrected chi connectivity index (χ4v) is 1.80. The summed E-state index contributed by atoms with van der Waals surface area (Å²) in [6.45, 7) is 1.81. The molecular weight excluding hydrogens is 218 g/mol. The van der Waals surface area contributed by atoms with Gasteiger partial charge in [-0.15, -0.1) is 0 Å². The largest absolute Gasteiger partial charge is 0.497 e. The fraction of sp³-hybridized carbons (Fsp3) is 0.417. The van der Waals surface area contributed by atoms with E-state index in [1.165, 1.54) is 0 Å². The topological polar surface area (TPSA) is 62.4 Å². The molecule has 5 nitrogen and oxygen atoms in total. The Kier molecular flexibility index (Phi) is 3.82. The van der Waals surface area contributed by atoms with Crippen LogP contribution in [-0.2, 0) is 0 Å². The average Bonchev–Trinajstić information content (AvgIpc) is 2.82. The van der Waals surface area contributed by atoms with Gasteiger partial charge in [0, 0.05) is 18.3 Å². The standard InChI is InChI=1S/C12H17N3O2/c1-17-11-4-2-9(3-5-11)14-12(16)15-10-6-7-13-8-10/h2-5,10,13H,6-8H2,1H3,(H2,14,15,16)/t10-/m0/s1. The van der Waals surface area contributed by atoms with E-state index in [1.807, 2.05) is 24.3 Å². The molecule has 1 fully saturated rings. The minimum Gasteiger partial charge on any atom is -0.497 e. The molecule has 5 heteroatoms. The predicted molar refractivity (Wildman–Crippen MR) is 66.4 cm³/mol. The van der Waals surface area contributed by atoms with E-state index in [0.717, 1.165) is 30.9 Å². The summed E-state index contributed by atoms with van der Waals surface area (Å²) in [7, 11) is 1.61. The summed E-state index contributed by atoms with van der Waals surface area (Å²) >= 11 is 0. The van der Waals surface area contributed by atoms with Crippen molar-refractivity contribution in [2.45, 2.75) is 12.5 Å². The molecule has 17 heavy (non-hydrogen) atoms. The molecule has 1 heterocycles. The third-order valence-corrected chi connectivity index (χ3v) is 2.74. The molecule has 2 rings (SSSR count). The number of nitrogens with one attached hydrogen (secondary N) is 3. The van der Waals surface area contributed by atoms with Crippen LogP contribution in [0, 0.1) is 0 Å². The average molecular weight is 235 g/mol. The van der Waals surface area contributed by atoms with Gasteiger partial charge in [0.1, 0.15) is 5.75 Å². The van der Waals surface area contributed by atoms with Gasteiger partial charge in [-0.05, 0) is 37.2 Å². The molecular formula is C12H17N3O2. The Hall–Kier alpha value is -1.75. The van der Waals surface area contributed by atoms with Crippen LogP contribution in [-0.4, -0.2) is 32.3 Å². The van der Waals surface area contributed by atoms with Crippen LogP contribution < -0.4 is 20.7 Å². The van der Waals surface area contributed by atoms with Crippen LogP contribution in [0.15, 0.2) is 24.3 Å². The summed E-state index contributed by atoms with van der Waals surface area (Å²) in [6.07, 6.45) is 0.982. The number of benzene rings is 1. The third-order valence-electron chi connectivity index (χ3n) is 2.74. The summed E-state index contributed by atoms with van der Waals surface area (Å²) in [5, 5.41) is 8.90. The molecule has 1 saturated heterocycles. The molecule has 92 valence electrons. The van der Waals surface area contributed by atoms with E-state index in [0.29, 0.717) is 0 Å². The lowest BCUT2D eigenvalue weighted by atomic mass is 10.2. The monoisotopic (exact) mass is 235 g/mol. The number of ether oxygens (including phenoxy) is 1. The van der Waals surface area contributed by atoms with Crippen molar-refractivity contribution in [1.29, 1.82) is 0 Å². The second-order valence-electron chi connectivity index (χ2n) is 4.02. The first-order valence-corrected chi connectivity index (χ1v) is 5.70. The molecule has 3 N–H and O–H groups in total. The van der Waals surface area contributed by atoms with Crippen LogP contribution in [0.2, 0.25) is 0 Å². The Morgan fingerprint density at radius 2 is 2.18 bits per heavy atom. The Balaban J connectivity index is 1.84. The van der Waals surface area contributed by atoms with Gasteiger partial charge in [0.2, 0.25) is 0 Å². The van der Waals surface area contributed by atoms with Gasteiger partial charge in [0.05, 0.1) is 7.11 Å². The number of anilines is 1. The summed E-state index contributed by atoms with van der Waals surface area (Å²) < 4.78 is 5.05. The SMILES string of the molecule is COc1ccc(NC(=O)N[C@H]2CCNC2)cc1. The Morgan fingerprint density at radius 3 is 2.76 bits per heavy atom. The number of urea groups is 1. The van der Waals surface area contributed by atoms with E-state index in [2.05, 4.69) is 16.0 Å². The lowest BCUT2D eigenvalue weighted by Crippen LogP contribution is -2.39. The molecule has 0 bridgehead atoms.